The van der Waals surface area contributed by atoms with E-state index in [-0.39, 0.29) is 0 Å². The van der Waals surface area contributed by atoms with Crippen LogP contribution in [-0.2, 0) is 10.8 Å². The van der Waals surface area contributed by atoms with Gasteiger partial charge in [-0.2, -0.15) is 0 Å². The fourth-order valence-electron chi connectivity index (χ4n) is 12.8. The van der Waals surface area contributed by atoms with E-state index in [0.29, 0.717) is 22.8 Å². The molecular formula is C38H49N. The smallest absolute Gasteiger partial charge is 0.0243 e. The van der Waals surface area contributed by atoms with Gasteiger partial charge in [0.05, 0.1) is 0 Å². The molecular weight excluding hydrogens is 470 g/mol. The number of benzene rings is 2. The minimum absolute atomic E-state index is 0.473. The van der Waals surface area contributed by atoms with E-state index in [9.17, 15) is 0 Å². The van der Waals surface area contributed by atoms with Gasteiger partial charge in [-0.15, -0.1) is 0 Å². The summed E-state index contributed by atoms with van der Waals surface area (Å²) in [6.07, 6.45) is 22.0. The monoisotopic (exact) mass is 519 g/mol. The third kappa shape index (κ3) is 3.95. The first-order valence-electron chi connectivity index (χ1n) is 17.1. The quantitative estimate of drug-likeness (QED) is 0.416. The Morgan fingerprint density at radius 2 is 0.897 bits per heavy atom. The van der Waals surface area contributed by atoms with Crippen molar-refractivity contribution in [2.24, 2.45) is 35.5 Å². The first-order valence-corrected chi connectivity index (χ1v) is 17.1. The van der Waals surface area contributed by atoms with Crippen LogP contribution >= 0.6 is 0 Å². The Bertz CT molecular complexity index is 1040. The first kappa shape index (κ1) is 24.0. The van der Waals surface area contributed by atoms with Crippen LogP contribution in [-0.4, -0.2) is 12.6 Å². The van der Waals surface area contributed by atoms with Crippen molar-refractivity contribution in [3.05, 3.63) is 70.8 Å². The molecule has 2 aromatic carbocycles. The lowest BCUT2D eigenvalue weighted by atomic mass is 9.48. The van der Waals surface area contributed by atoms with Gasteiger partial charge in [0.15, 0.2) is 0 Å². The van der Waals surface area contributed by atoms with Crippen molar-refractivity contribution in [1.82, 2.24) is 5.32 Å². The summed E-state index contributed by atoms with van der Waals surface area (Å²) in [5, 5.41) is 3.96. The Morgan fingerprint density at radius 1 is 0.513 bits per heavy atom. The predicted octanol–water partition coefficient (Wildman–Crippen LogP) is 8.90. The van der Waals surface area contributed by atoms with Gasteiger partial charge in [-0.05, 0) is 165 Å². The minimum Gasteiger partial charge on any atom is -0.313 e. The number of hydrogen-bond acceptors (Lipinski definition) is 1. The number of rotatable bonds is 5. The van der Waals surface area contributed by atoms with Gasteiger partial charge in [-0.25, -0.2) is 0 Å². The van der Waals surface area contributed by atoms with Crippen LogP contribution < -0.4 is 5.32 Å². The molecule has 0 amide bonds. The molecule has 1 N–H and O–H groups in total. The van der Waals surface area contributed by atoms with Gasteiger partial charge in [0, 0.05) is 12.0 Å². The van der Waals surface area contributed by atoms with Crippen LogP contribution in [0.4, 0.5) is 0 Å². The molecule has 1 heteroatoms. The lowest BCUT2D eigenvalue weighted by molar-refractivity contribution is -0.00530. The zero-order chi connectivity index (χ0) is 25.6. The average Bonchev–Trinajstić information content (AvgIpc) is 2.93. The van der Waals surface area contributed by atoms with Crippen LogP contribution in [0, 0.1) is 35.5 Å². The van der Waals surface area contributed by atoms with Crippen LogP contribution in [0.2, 0.25) is 0 Å². The van der Waals surface area contributed by atoms with Crippen molar-refractivity contribution in [1.29, 1.82) is 0 Å². The largest absolute Gasteiger partial charge is 0.313 e. The van der Waals surface area contributed by atoms with Gasteiger partial charge in [-0.1, -0.05) is 55.0 Å². The second-order valence-electron chi connectivity index (χ2n) is 16.2. The molecule has 8 aliphatic carbocycles. The van der Waals surface area contributed by atoms with Crippen molar-refractivity contribution >= 4 is 0 Å². The van der Waals surface area contributed by atoms with Gasteiger partial charge < -0.3 is 5.32 Å². The fourth-order valence-corrected chi connectivity index (χ4v) is 12.8. The van der Waals surface area contributed by atoms with E-state index in [0.717, 1.165) is 35.5 Å². The summed E-state index contributed by atoms with van der Waals surface area (Å²) in [4.78, 5) is 0. The molecule has 0 radical (unpaired) electrons. The molecule has 1 heterocycles. The van der Waals surface area contributed by atoms with E-state index < -0.39 is 0 Å². The maximum Gasteiger partial charge on any atom is 0.0243 e. The van der Waals surface area contributed by atoms with Crippen LogP contribution in [0.1, 0.15) is 124 Å². The van der Waals surface area contributed by atoms with E-state index in [1.807, 2.05) is 0 Å². The molecule has 0 spiro atoms. The Balaban J connectivity index is 1.02. The Hall–Kier alpha value is -1.60. The topological polar surface area (TPSA) is 12.0 Å². The van der Waals surface area contributed by atoms with Gasteiger partial charge in [0.2, 0.25) is 0 Å². The van der Waals surface area contributed by atoms with Crippen LogP contribution in [0.15, 0.2) is 48.5 Å². The zero-order valence-corrected chi connectivity index (χ0v) is 24.1. The van der Waals surface area contributed by atoms with Gasteiger partial charge >= 0.3 is 0 Å². The van der Waals surface area contributed by atoms with Crippen molar-refractivity contribution in [3.63, 3.8) is 0 Å². The molecule has 206 valence electrons. The highest BCUT2D eigenvalue weighted by Gasteiger charge is 2.52. The molecule has 1 aliphatic heterocycles. The normalized spacial score (nSPS) is 44.6. The highest BCUT2D eigenvalue weighted by atomic mass is 14.9. The molecule has 8 bridgehead atoms. The van der Waals surface area contributed by atoms with E-state index in [1.165, 1.54) is 103 Å². The summed E-state index contributed by atoms with van der Waals surface area (Å²) < 4.78 is 0. The molecule has 8 saturated carbocycles. The van der Waals surface area contributed by atoms with Gasteiger partial charge in [0.1, 0.15) is 0 Å². The molecule has 1 atom stereocenters. The van der Waals surface area contributed by atoms with Crippen molar-refractivity contribution in [2.75, 3.05) is 6.54 Å². The molecule has 0 unspecified atom stereocenters. The zero-order valence-electron chi connectivity index (χ0n) is 24.1. The molecule has 2 aromatic rings. The first-order chi connectivity index (χ1) is 19.1. The Labute approximate surface area is 236 Å². The fraction of sp³-hybridized carbons (Fsp3) is 0.684. The molecule has 9 aliphatic rings. The summed E-state index contributed by atoms with van der Waals surface area (Å²) in [6, 6.07) is 21.1. The third-order valence-corrected chi connectivity index (χ3v) is 13.6. The van der Waals surface area contributed by atoms with E-state index in [4.69, 9.17) is 0 Å². The van der Waals surface area contributed by atoms with Gasteiger partial charge in [0.25, 0.3) is 0 Å². The van der Waals surface area contributed by atoms with E-state index >= 15 is 0 Å². The lowest BCUT2D eigenvalue weighted by Gasteiger charge is -2.57. The molecule has 11 rings (SSSR count). The maximum absolute atomic E-state index is 3.96. The Kier molecular flexibility index (Phi) is 5.52. The maximum atomic E-state index is 3.96. The second kappa shape index (κ2) is 8.95. The summed E-state index contributed by atoms with van der Waals surface area (Å²) in [5.74, 6) is 6.57. The SMILES string of the molecule is c1cc(C23CC4CC(CC(C4)C2)C3)ccc1C(c1ccc(C23CC4CC(CC(C4)C2)C3)cc1)[C@H]1CCCCN1. The van der Waals surface area contributed by atoms with Crippen LogP contribution in [0.25, 0.3) is 0 Å². The van der Waals surface area contributed by atoms with E-state index in [2.05, 4.69) is 53.8 Å². The van der Waals surface area contributed by atoms with Gasteiger partial charge in [-0.3, -0.25) is 0 Å². The molecule has 1 saturated heterocycles. The highest BCUT2D eigenvalue weighted by Crippen LogP contribution is 2.62. The lowest BCUT2D eigenvalue weighted by Crippen LogP contribution is -2.48. The average molecular weight is 520 g/mol. The second-order valence-corrected chi connectivity index (χ2v) is 16.2. The molecule has 39 heavy (non-hydrogen) atoms. The van der Waals surface area contributed by atoms with Crippen molar-refractivity contribution in [2.45, 2.75) is 119 Å². The molecule has 0 aromatic heterocycles. The summed E-state index contributed by atoms with van der Waals surface area (Å²) in [5.41, 5.74) is 7.46. The number of nitrogens with one attached hydrogen (secondary N) is 1. The number of piperidine rings is 1. The standard InChI is InChI=1S/C38H49N/c1-2-12-39-35(3-1)36(31-4-8-33(9-5-31)37-19-25-13-26(20-37)15-27(14-25)21-37)32-6-10-34(11-7-32)38-22-28-16-29(23-38)18-30(17-28)24-38/h4-11,25-30,35-36,39H,1-3,12-24H2/t25?,26?,27?,28?,29?,30?,35-,36?,37?,38?/m1/s1. The van der Waals surface area contributed by atoms with Crippen LogP contribution in [0.3, 0.4) is 0 Å². The number of hydrogen-bond donors (Lipinski definition) is 1. The van der Waals surface area contributed by atoms with Crippen molar-refractivity contribution < 1.29 is 0 Å². The van der Waals surface area contributed by atoms with Crippen molar-refractivity contribution in [3.8, 4) is 0 Å². The highest BCUT2D eigenvalue weighted by molar-refractivity contribution is 5.41. The summed E-state index contributed by atoms with van der Waals surface area (Å²) in [6.45, 7) is 1.18. The summed E-state index contributed by atoms with van der Waals surface area (Å²) >= 11 is 0. The predicted molar refractivity (Wildman–Crippen MR) is 160 cm³/mol. The summed E-state index contributed by atoms with van der Waals surface area (Å²) in [7, 11) is 0. The molecule has 1 nitrogen and oxygen atoms in total. The minimum atomic E-state index is 0.473. The van der Waals surface area contributed by atoms with Crippen LogP contribution in [0.5, 0.6) is 0 Å². The third-order valence-electron chi connectivity index (χ3n) is 13.6. The molecule has 9 fully saturated rings. The van der Waals surface area contributed by atoms with E-state index in [1.54, 1.807) is 22.3 Å². The Morgan fingerprint density at radius 3 is 1.23 bits per heavy atom.